The van der Waals surface area contributed by atoms with Crippen LogP contribution in [-0.4, -0.2) is 47.1 Å². The molecule has 1 atom stereocenters. The molecular weight excluding hydrogens is 433 g/mol. The van der Waals surface area contributed by atoms with Crippen molar-refractivity contribution in [2.75, 3.05) is 0 Å². The molecule has 2 nitrogen and oxygen atoms in total. The number of halogens is 14. The number of nitrogens with two attached hydrogens (primary N) is 1. The number of rotatable bonds is 8. The highest BCUT2D eigenvalue weighted by atomic mass is 35.5. The van der Waals surface area contributed by atoms with Crippen LogP contribution in [0.25, 0.3) is 0 Å². The summed E-state index contributed by atoms with van der Waals surface area (Å²) in [5, 5.41) is -1.62. The maximum atomic E-state index is 13.2. The van der Waals surface area contributed by atoms with E-state index >= 15 is 0 Å². The Labute approximate surface area is 140 Å². The average molecular weight is 440 g/mol. The fourth-order valence-corrected chi connectivity index (χ4v) is 1.52. The summed E-state index contributed by atoms with van der Waals surface area (Å²) in [6.45, 7) is 0. The zero-order valence-corrected chi connectivity index (χ0v) is 12.5. The predicted octanol–water partition coefficient (Wildman–Crippen LogP) is 4.60. The van der Waals surface area contributed by atoms with Crippen LogP contribution in [0.3, 0.4) is 0 Å². The molecule has 0 amide bonds. The summed E-state index contributed by atoms with van der Waals surface area (Å²) in [6, 6.07) is -2.15. The summed E-state index contributed by atoms with van der Waals surface area (Å²) in [4.78, 5) is 10.4. The van der Waals surface area contributed by atoms with Crippen LogP contribution in [0.2, 0.25) is 0 Å². The smallest absolute Gasteiger partial charge is 0.320 e. The van der Waals surface area contributed by atoms with Crippen LogP contribution in [-0.2, 0) is 4.79 Å². The maximum absolute atomic E-state index is 13.2. The third-order valence-corrected chi connectivity index (χ3v) is 3.34. The van der Waals surface area contributed by atoms with Crippen molar-refractivity contribution >= 4 is 16.8 Å². The molecule has 26 heavy (non-hydrogen) atoms. The Morgan fingerprint density at radius 2 is 1.08 bits per heavy atom. The van der Waals surface area contributed by atoms with Crippen molar-refractivity contribution in [3.8, 4) is 0 Å². The van der Waals surface area contributed by atoms with E-state index in [2.05, 4.69) is 11.6 Å². The quantitative estimate of drug-likeness (QED) is 0.444. The molecule has 156 valence electrons. The van der Waals surface area contributed by atoms with E-state index in [9.17, 15) is 61.9 Å². The molecule has 1 unspecified atom stereocenters. The molecule has 0 aromatic rings. The van der Waals surface area contributed by atoms with Gasteiger partial charge in [-0.1, -0.05) is 0 Å². The van der Waals surface area contributed by atoms with Crippen molar-refractivity contribution in [1.29, 1.82) is 0 Å². The van der Waals surface area contributed by atoms with E-state index in [4.69, 9.17) is 5.73 Å². The van der Waals surface area contributed by atoms with Gasteiger partial charge in [0, 0.05) is 6.42 Å². The van der Waals surface area contributed by atoms with Crippen molar-refractivity contribution in [3.63, 3.8) is 0 Å². The van der Waals surface area contributed by atoms with Gasteiger partial charge in [-0.15, -0.1) is 0 Å². The first-order valence-corrected chi connectivity index (χ1v) is 6.36. The summed E-state index contributed by atoms with van der Waals surface area (Å²) >= 11 is 4.66. The molecule has 16 heteroatoms. The Kier molecular flexibility index (Phi) is 6.61. The van der Waals surface area contributed by atoms with Crippen LogP contribution in [0.15, 0.2) is 0 Å². The van der Waals surface area contributed by atoms with Crippen LogP contribution in [0.1, 0.15) is 12.8 Å². The molecule has 0 fully saturated rings. The Morgan fingerprint density at radius 3 is 1.38 bits per heavy atom. The van der Waals surface area contributed by atoms with Gasteiger partial charge in [0.15, 0.2) is 0 Å². The lowest BCUT2D eigenvalue weighted by Crippen LogP contribution is -2.70. The highest BCUT2D eigenvalue weighted by Crippen LogP contribution is 2.60. The maximum Gasteiger partial charge on any atom is 0.460 e. The lowest BCUT2D eigenvalue weighted by atomic mass is 9.91. The van der Waals surface area contributed by atoms with Crippen molar-refractivity contribution in [2.24, 2.45) is 5.73 Å². The lowest BCUT2D eigenvalue weighted by molar-refractivity contribution is -0.440. The minimum absolute atomic E-state index is 1.60. The first-order valence-electron chi connectivity index (χ1n) is 5.98. The minimum Gasteiger partial charge on any atom is -0.320 e. The number of carbonyl (C=O) groups is 1. The van der Waals surface area contributed by atoms with E-state index in [0.29, 0.717) is 0 Å². The second-order valence-electron chi connectivity index (χ2n) is 4.95. The first kappa shape index (κ1) is 25.0. The van der Waals surface area contributed by atoms with Crippen molar-refractivity contribution in [2.45, 2.75) is 54.7 Å². The van der Waals surface area contributed by atoms with Gasteiger partial charge in [-0.05, 0) is 18.0 Å². The van der Waals surface area contributed by atoms with E-state index in [1.54, 1.807) is 0 Å². The molecule has 0 aromatic heterocycles. The van der Waals surface area contributed by atoms with Gasteiger partial charge in [0.1, 0.15) is 0 Å². The molecule has 0 radical (unpaired) electrons. The van der Waals surface area contributed by atoms with Gasteiger partial charge < -0.3 is 5.73 Å². The fourth-order valence-electron chi connectivity index (χ4n) is 1.41. The predicted molar refractivity (Wildman–Crippen MR) is 58.9 cm³/mol. The molecule has 0 aliphatic rings. The molecule has 0 saturated heterocycles. The second kappa shape index (κ2) is 6.87. The SMILES string of the molecule is NC(CCC(F)(F)C(F)(F)C(F)(F)C(F)(F)C(F)(F)C(F)(F)F)C(=O)Cl. The summed E-state index contributed by atoms with van der Waals surface area (Å²) in [7, 11) is 0. The highest BCUT2D eigenvalue weighted by Gasteiger charge is 2.90. The monoisotopic (exact) mass is 439 g/mol. The number of carbonyl (C=O) groups excluding carboxylic acids is 1. The average Bonchev–Trinajstić information content (AvgIpc) is 2.42. The van der Waals surface area contributed by atoms with E-state index in [1.807, 2.05) is 0 Å². The number of alkyl halides is 13. The first-order chi connectivity index (χ1) is 11.1. The lowest BCUT2D eigenvalue weighted by Gasteiger charge is -2.39. The molecule has 0 bridgehead atoms. The van der Waals surface area contributed by atoms with Crippen molar-refractivity contribution < 1.29 is 61.9 Å². The van der Waals surface area contributed by atoms with Crippen molar-refractivity contribution in [3.05, 3.63) is 0 Å². The highest BCUT2D eigenvalue weighted by molar-refractivity contribution is 6.64. The van der Waals surface area contributed by atoms with Gasteiger partial charge in [-0.3, -0.25) is 4.79 Å². The normalized spacial score (nSPS) is 16.6. The Morgan fingerprint density at radius 1 is 0.731 bits per heavy atom. The number of hydrogen-bond donors (Lipinski definition) is 1. The molecule has 0 heterocycles. The van der Waals surface area contributed by atoms with Crippen LogP contribution in [0.4, 0.5) is 57.1 Å². The van der Waals surface area contributed by atoms with Gasteiger partial charge in [-0.2, -0.15) is 57.1 Å². The largest absolute Gasteiger partial charge is 0.460 e. The summed E-state index contributed by atoms with van der Waals surface area (Å²) < 4.78 is 165. The molecule has 0 rings (SSSR count). The van der Waals surface area contributed by atoms with E-state index < -0.39 is 59.9 Å². The van der Waals surface area contributed by atoms with E-state index in [-0.39, 0.29) is 0 Å². The van der Waals surface area contributed by atoms with Crippen LogP contribution >= 0.6 is 11.6 Å². The van der Waals surface area contributed by atoms with Gasteiger partial charge in [0.25, 0.3) is 0 Å². The Balaban J connectivity index is 5.96. The third kappa shape index (κ3) is 3.82. The molecule has 0 saturated carbocycles. The number of hydrogen-bond acceptors (Lipinski definition) is 2. The van der Waals surface area contributed by atoms with Gasteiger partial charge in [-0.25, -0.2) is 0 Å². The van der Waals surface area contributed by atoms with E-state index in [1.165, 1.54) is 0 Å². The van der Waals surface area contributed by atoms with Crippen LogP contribution in [0.5, 0.6) is 0 Å². The minimum atomic E-state index is -7.95. The molecule has 2 N–H and O–H groups in total. The summed E-state index contributed by atoms with van der Waals surface area (Å²) in [5.41, 5.74) is 4.72. The molecule has 0 aromatic carbocycles. The topological polar surface area (TPSA) is 43.1 Å². The standard InChI is InChI=1S/C10H7ClF13NO/c11-4(26)3(25)1-2-5(12,13)6(14,15)7(16,17)8(18,19)9(20,21)10(22,23)24/h3H,1-2,25H2. The van der Waals surface area contributed by atoms with Crippen LogP contribution in [0, 0.1) is 0 Å². The fraction of sp³-hybridized carbons (Fsp3) is 0.900. The zero-order chi connectivity index (χ0) is 21.6. The van der Waals surface area contributed by atoms with Gasteiger partial charge >= 0.3 is 35.8 Å². The molecule has 0 aliphatic carbocycles. The van der Waals surface area contributed by atoms with Gasteiger partial charge in [0.05, 0.1) is 6.04 Å². The second-order valence-corrected chi connectivity index (χ2v) is 5.32. The molecule has 0 aliphatic heterocycles. The van der Waals surface area contributed by atoms with Crippen molar-refractivity contribution in [1.82, 2.24) is 0 Å². The molecular formula is C10H7ClF13NO. The van der Waals surface area contributed by atoms with Gasteiger partial charge in [0.2, 0.25) is 5.24 Å². The summed E-state index contributed by atoms with van der Waals surface area (Å²) in [6.07, 6.45) is -11.6. The van der Waals surface area contributed by atoms with Crippen LogP contribution < -0.4 is 5.73 Å². The molecule has 0 spiro atoms. The van der Waals surface area contributed by atoms with E-state index in [0.717, 1.165) is 0 Å². The Bertz CT molecular complexity index is 530. The third-order valence-electron chi connectivity index (χ3n) is 3.06. The Hall–Kier alpha value is -0.990. The zero-order valence-electron chi connectivity index (χ0n) is 11.8. The summed E-state index contributed by atoms with van der Waals surface area (Å²) in [5.74, 6) is -37.2.